The van der Waals surface area contributed by atoms with E-state index in [0.29, 0.717) is 24.4 Å². The molecule has 0 aliphatic carbocycles. The van der Waals surface area contributed by atoms with Gasteiger partial charge in [-0.1, -0.05) is 12.1 Å². The molecule has 27 heavy (non-hydrogen) atoms. The Morgan fingerprint density at radius 1 is 1.15 bits per heavy atom. The number of ether oxygens (including phenoxy) is 1. The summed E-state index contributed by atoms with van der Waals surface area (Å²) in [6.45, 7) is 0.854. The van der Waals surface area contributed by atoms with Crippen LogP contribution in [0.4, 0.5) is 23.7 Å². The molecule has 0 bridgehead atoms. The molecular formula is C18H21F3N2O4. The lowest BCUT2D eigenvalue weighted by atomic mass is 9.94. The molecule has 9 heteroatoms. The lowest BCUT2D eigenvalue weighted by Crippen LogP contribution is -2.46. The van der Waals surface area contributed by atoms with E-state index < -0.39 is 30.7 Å². The van der Waals surface area contributed by atoms with E-state index in [1.165, 1.54) is 9.80 Å². The van der Waals surface area contributed by atoms with Gasteiger partial charge in [-0.25, -0.2) is 4.79 Å². The van der Waals surface area contributed by atoms with Crippen molar-refractivity contribution in [2.45, 2.75) is 37.5 Å². The minimum atomic E-state index is -4.70. The SMILES string of the molecule is O=C(Cc1ccc(N2CCOC2=O)cc1)N1CCCC(O)(C(F)(F)F)CC1. The molecule has 2 saturated heterocycles. The Bertz CT molecular complexity index is 708. The van der Waals surface area contributed by atoms with Crippen LogP contribution in [0.1, 0.15) is 24.8 Å². The fourth-order valence-corrected chi connectivity index (χ4v) is 3.36. The summed E-state index contributed by atoms with van der Waals surface area (Å²) in [5.41, 5.74) is -1.36. The van der Waals surface area contributed by atoms with E-state index in [4.69, 9.17) is 4.74 Å². The number of hydrogen-bond donors (Lipinski definition) is 1. The average Bonchev–Trinajstić information content (AvgIpc) is 2.92. The van der Waals surface area contributed by atoms with Crippen LogP contribution in [-0.2, 0) is 16.0 Å². The van der Waals surface area contributed by atoms with Crippen LogP contribution in [0.25, 0.3) is 0 Å². The molecule has 2 aliphatic heterocycles. The van der Waals surface area contributed by atoms with Crippen LogP contribution in [0.15, 0.2) is 24.3 Å². The fourth-order valence-electron chi connectivity index (χ4n) is 3.36. The highest BCUT2D eigenvalue weighted by Crippen LogP contribution is 2.38. The summed E-state index contributed by atoms with van der Waals surface area (Å²) in [5.74, 6) is -0.283. The molecule has 6 nitrogen and oxygen atoms in total. The van der Waals surface area contributed by atoms with Crippen LogP contribution in [0.3, 0.4) is 0 Å². The Morgan fingerprint density at radius 3 is 2.44 bits per heavy atom. The molecule has 1 aromatic carbocycles. The molecule has 0 saturated carbocycles. The van der Waals surface area contributed by atoms with Gasteiger partial charge in [0.15, 0.2) is 5.60 Å². The largest absolute Gasteiger partial charge is 0.447 e. The summed E-state index contributed by atoms with van der Waals surface area (Å²) in [7, 11) is 0. The van der Waals surface area contributed by atoms with E-state index in [2.05, 4.69) is 0 Å². The Balaban J connectivity index is 1.59. The highest BCUT2D eigenvalue weighted by Gasteiger charge is 2.53. The molecule has 2 heterocycles. The van der Waals surface area contributed by atoms with Crippen molar-refractivity contribution in [1.82, 2.24) is 4.90 Å². The van der Waals surface area contributed by atoms with Crippen molar-refractivity contribution in [2.75, 3.05) is 31.1 Å². The standard InChI is InChI=1S/C18H21F3N2O4/c19-18(20,21)17(26)6-1-8-22(9-7-17)15(24)12-13-2-4-14(5-3-13)23-10-11-27-16(23)25/h2-5,26H,1,6-12H2. The van der Waals surface area contributed by atoms with E-state index in [1.807, 2.05) is 0 Å². The third kappa shape index (κ3) is 4.18. The smallest absolute Gasteiger partial charge is 0.417 e. The first kappa shape index (κ1) is 19.5. The summed E-state index contributed by atoms with van der Waals surface area (Å²) < 4.78 is 43.8. The number of anilines is 1. The lowest BCUT2D eigenvalue weighted by Gasteiger charge is -2.29. The number of benzene rings is 1. The number of amides is 2. The molecule has 0 aromatic heterocycles. The first-order valence-corrected chi connectivity index (χ1v) is 8.80. The van der Waals surface area contributed by atoms with Crippen molar-refractivity contribution < 1.29 is 32.6 Å². The molecule has 2 aliphatic rings. The van der Waals surface area contributed by atoms with Crippen LogP contribution in [0.2, 0.25) is 0 Å². The fraction of sp³-hybridized carbons (Fsp3) is 0.556. The van der Waals surface area contributed by atoms with Crippen molar-refractivity contribution in [2.24, 2.45) is 0 Å². The second-order valence-corrected chi connectivity index (χ2v) is 6.87. The molecule has 2 amide bonds. The lowest BCUT2D eigenvalue weighted by molar-refractivity contribution is -0.263. The Morgan fingerprint density at radius 2 is 1.85 bits per heavy atom. The van der Waals surface area contributed by atoms with Gasteiger partial charge in [0, 0.05) is 25.2 Å². The predicted molar refractivity (Wildman–Crippen MR) is 90.3 cm³/mol. The number of aliphatic hydroxyl groups is 1. The quantitative estimate of drug-likeness (QED) is 0.867. The van der Waals surface area contributed by atoms with Gasteiger partial charge in [-0.15, -0.1) is 0 Å². The predicted octanol–water partition coefficient (Wildman–Crippen LogP) is 2.49. The normalized spacial score (nSPS) is 23.9. The van der Waals surface area contributed by atoms with Gasteiger partial charge in [-0.3, -0.25) is 9.69 Å². The molecule has 1 unspecified atom stereocenters. The van der Waals surface area contributed by atoms with Gasteiger partial charge >= 0.3 is 12.3 Å². The van der Waals surface area contributed by atoms with E-state index in [1.54, 1.807) is 24.3 Å². The van der Waals surface area contributed by atoms with Crippen molar-refractivity contribution in [3.63, 3.8) is 0 Å². The van der Waals surface area contributed by atoms with Gasteiger partial charge in [-0.05, 0) is 30.5 Å². The third-order valence-electron chi connectivity index (χ3n) is 5.06. The number of rotatable bonds is 3. The highest BCUT2D eigenvalue weighted by atomic mass is 19.4. The summed E-state index contributed by atoms with van der Waals surface area (Å²) >= 11 is 0. The van der Waals surface area contributed by atoms with Gasteiger partial charge in [-0.2, -0.15) is 13.2 Å². The summed E-state index contributed by atoms with van der Waals surface area (Å²) in [5, 5.41) is 9.83. The molecule has 0 spiro atoms. The maximum atomic E-state index is 13.0. The molecule has 148 valence electrons. The number of hydrogen-bond acceptors (Lipinski definition) is 4. The second-order valence-electron chi connectivity index (χ2n) is 6.87. The molecule has 2 fully saturated rings. The minimum absolute atomic E-state index is 0.0508. The Labute approximate surface area is 154 Å². The number of likely N-dealkylation sites (tertiary alicyclic amines) is 1. The monoisotopic (exact) mass is 386 g/mol. The molecule has 1 N–H and O–H groups in total. The number of cyclic esters (lactones) is 1. The molecular weight excluding hydrogens is 365 g/mol. The van der Waals surface area contributed by atoms with Crippen LogP contribution in [0.5, 0.6) is 0 Å². The third-order valence-corrected chi connectivity index (χ3v) is 5.06. The van der Waals surface area contributed by atoms with Gasteiger partial charge < -0.3 is 14.7 Å². The zero-order valence-electron chi connectivity index (χ0n) is 14.7. The van der Waals surface area contributed by atoms with Crippen molar-refractivity contribution in [3.8, 4) is 0 Å². The maximum Gasteiger partial charge on any atom is 0.417 e. The van der Waals surface area contributed by atoms with Gasteiger partial charge in [0.25, 0.3) is 0 Å². The summed E-state index contributed by atoms with van der Waals surface area (Å²) in [6.07, 6.45) is -5.88. The van der Waals surface area contributed by atoms with Crippen LogP contribution < -0.4 is 4.90 Å². The zero-order chi connectivity index (χ0) is 19.7. The van der Waals surface area contributed by atoms with Gasteiger partial charge in [0.05, 0.1) is 13.0 Å². The number of nitrogens with zero attached hydrogens (tertiary/aromatic N) is 2. The Hall–Kier alpha value is -2.29. The number of carbonyl (C=O) groups is 2. The van der Waals surface area contributed by atoms with Gasteiger partial charge in [0.1, 0.15) is 6.61 Å². The molecule has 1 atom stereocenters. The number of carbonyl (C=O) groups excluding carboxylic acids is 2. The number of alkyl halides is 3. The van der Waals surface area contributed by atoms with Crippen molar-refractivity contribution in [1.29, 1.82) is 0 Å². The van der Waals surface area contributed by atoms with E-state index in [-0.39, 0.29) is 31.8 Å². The molecule has 1 aromatic rings. The van der Waals surface area contributed by atoms with E-state index >= 15 is 0 Å². The maximum absolute atomic E-state index is 13.0. The van der Waals surface area contributed by atoms with Crippen LogP contribution in [-0.4, -0.2) is 60.0 Å². The van der Waals surface area contributed by atoms with Gasteiger partial charge in [0.2, 0.25) is 5.91 Å². The molecule has 3 rings (SSSR count). The van der Waals surface area contributed by atoms with E-state index in [9.17, 15) is 27.9 Å². The average molecular weight is 386 g/mol. The zero-order valence-corrected chi connectivity index (χ0v) is 14.7. The van der Waals surface area contributed by atoms with Crippen LogP contribution >= 0.6 is 0 Å². The highest BCUT2D eigenvalue weighted by molar-refractivity contribution is 5.89. The minimum Gasteiger partial charge on any atom is -0.447 e. The summed E-state index contributed by atoms with van der Waals surface area (Å²) in [4.78, 5) is 26.8. The summed E-state index contributed by atoms with van der Waals surface area (Å²) in [6, 6.07) is 6.84. The van der Waals surface area contributed by atoms with Crippen LogP contribution in [0, 0.1) is 0 Å². The first-order valence-electron chi connectivity index (χ1n) is 8.80. The second kappa shape index (κ2) is 7.38. The Kier molecular flexibility index (Phi) is 5.32. The first-order chi connectivity index (χ1) is 12.7. The number of halogens is 3. The van der Waals surface area contributed by atoms with Crippen molar-refractivity contribution >= 4 is 17.7 Å². The van der Waals surface area contributed by atoms with E-state index in [0.717, 1.165) is 0 Å². The molecule has 0 radical (unpaired) electrons. The topological polar surface area (TPSA) is 70.1 Å². The van der Waals surface area contributed by atoms with Crippen molar-refractivity contribution in [3.05, 3.63) is 29.8 Å².